The van der Waals surface area contributed by atoms with Crippen LogP contribution in [0.2, 0.25) is 0 Å². The summed E-state index contributed by atoms with van der Waals surface area (Å²) in [7, 11) is -4.16. The number of amides is 5. The zero-order valence-corrected chi connectivity index (χ0v) is 34.4. The van der Waals surface area contributed by atoms with Gasteiger partial charge >= 0.3 is 5.97 Å². The number of ether oxygens (including phenoxy) is 2. The second-order valence-electron chi connectivity index (χ2n) is 15.5. The van der Waals surface area contributed by atoms with Crippen molar-refractivity contribution in [1.82, 2.24) is 31.3 Å². The van der Waals surface area contributed by atoms with Crippen molar-refractivity contribution in [2.75, 3.05) is 19.6 Å². The van der Waals surface area contributed by atoms with Gasteiger partial charge in [0, 0.05) is 32.0 Å². The van der Waals surface area contributed by atoms with Crippen molar-refractivity contribution in [2.45, 2.75) is 129 Å². The Morgan fingerprint density at radius 1 is 0.982 bits per heavy atom. The number of sulfonamides is 1. The summed E-state index contributed by atoms with van der Waals surface area (Å²) >= 11 is 0. The summed E-state index contributed by atoms with van der Waals surface area (Å²) in [6, 6.07) is -3.65. The summed E-state index contributed by atoms with van der Waals surface area (Å²) in [5.74, 6) is -3.88. The molecule has 2 aliphatic heterocycles. The average molecular weight is 805 g/mol. The fourth-order valence-electron chi connectivity index (χ4n) is 6.28. The van der Waals surface area contributed by atoms with E-state index in [1.807, 2.05) is 13.8 Å². The van der Waals surface area contributed by atoms with Crippen molar-refractivity contribution >= 4 is 51.5 Å². The molecule has 1 aromatic carbocycles. The molecule has 0 aliphatic carbocycles. The van der Waals surface area contributed by atoms with E-state index in [-0.39, 0.29) is 43.2 Å². The van der Waals surface area contributed by atoms with Gasteiger partial charge in [-0.25, -0.2) is 13.1 Å². The van der Waals surface area contributed by atoms with Crippen LogP contribution in [-0.4, -0.2) is 98.8 Å². The summed E-state index contributed by atoms with van der Waals surface area (Å²) in [4.78, 5) is 81.2. The van der Waals surface area contributed by atoms with Gasteiger partial charge in [-0.1, -0.05) is 12.2 Å². The highest BCUT2D eigenvalue weighted by Crippen LogP contribution is 2.43. The van der Waals surface area contributed by atoms with Gasteiger partial charge in [0.1, 0.15) is 35.1 Å². The first-order chi connectivity index (χ1) is 25.9. The minimum atomic E-state index is -4.16. The number of carbonyl (C=O) groups is 6. The first-order valence-electron chi connectivity index (χ1n) is 18.3. The van der Waals surface area contributed by atoms with Crippen molar-refractivity contribution < 1.29 is 46.7 Å². The molecule has 56 heavy (non-hydrogen) atoms. The molecule has 0 bridgehead atoms. The number of aliphatic imine (C=N–C) groups is 1. The lowest BCUT2D eigenvalue weighted by atomic mass is 9.94. The van der Waals surface area contributed by atoms with Gasteiger partial charge in [-0.2, -0.15) is 0 Å². The minimum absolute atomic E-state index is 0.00213. The van der Waals surface area contributed by atoms with Crippen molar-refractivity contribution in [3.8, 4) is 5.75 Å². The summed E-state index contributed by atoms with van der Waals surface area (Å²) < 4.78 is 40.9. The van der Waals surface area contributed by atoms with Crippen molar-refractivity contribution in [2.24, 2.45) is 10.7 Å². The summed E-state index contributed by atoms with van der Waals surface area (Å²) in [5, 5.41) is 12.6. The van der Waals surface area contributed by atoms with Crippen LogP contribution in [-0.2, 0) is 49.9 Å². The van der Waals surface area contributed by atoms with Crippen LogP contribution in [0.25, 0.3) is 0 Å². The van der Waals surface area contributed by atoms with Gasteiger partial charge in [-0.15, -0.1) is 0 Å². The number of esters is 1. The Morgan fingerprint density at radius 3 is 2.29 bits per heavy atom. The van der Waals surface area contributed by atoms with Crippen molar-refractivity contribution in [1.29, 1.82) is 0 Å². The third kappa shape index (κ3) is 12.9. The van der Waals surface area contributed by atoms with Gasteiger partial charge in [-0.3, -0.25) is 33.8 Å². The van der Waals surface area contributed by atoms with Crippen LogP contribution in [0, 0.1) is 20.8 Å². The SMILES string of the molecule is CC(=O)N[C@H]1C/C=C/CNC(=O)[C@H](CC(=O)OC(C)(C)C)NC(=O)CNC(=O)[C@H](CCCN=C(N)NS(=O)(=O)c2c(C)c(C)c3c(c2C)CC(C)(C)O3)NC1=O. The molecular formula is C37H56N8O10S. The maximum Gasteiger partial charge on any atom is 0.308 e. The fraction of sp³-hybridized carbons (Fsp3) is 0.595. The number of fused-ring (bicyclic) bond motifs is 1. The molecule has 0 saturated heterocycles. The average Bonchev–Trinajstić information content (AvgIpc) is 3.40. The second-order valence-corrected chi connectivity index (χ2v) is 17.1. The molecular weight excluding hydrogens is 749 g/mol. The number of hydrogen-bond acceptors (Lipinski definition) is 11. The minimum Gasteiger partial charge on any atom is -0.487 e. The Hall–Kier alpha value is -5.20. The molecule has 0 spiro atoms. The van der Waals surface area contributed by atoms with Gasteiger partial charge in [-0.05, 0) is 91.3 Å². The lowest BCUT2D eigenvalue weighted by Gasteiger charge is -2.24. The predicted octanol–water partition coefficient (Wildman–Crippen LogP) is 0.0970. The highest BCUT2D eigenvalue weighted by molar-refractivity contribution is 7.90. The predicted molar refractivity (Wildman–Crippen MR) is 207 cm³/mol. The topological polar surface area (TPSA) is 266 Å². The maximum atomic E-state index is 13.6. The number of benzene rings is 1. The van der Waals surface area contributed by atoms with E-state index in [0.29, 0.717) is 28.9 Å². The molecule has 0 radical (unpaired) electrons. The van der Waals surface area contributed by atoms with Gasteiger partial charge in [0.05, 0.1) is 17.9 Å². The second kappa shape index (κ2) is 18.6. The molecule has 2 aliphatic rings. The molecule has 1 aromatic rings. The third-order valence-electron chi connectivity index (χ3n) is 8.86. The number of nitrogens with one attached hydrogen (secondary N) is 6. The molecule has 8 N–H and O–H groups in total. The van der Waals surface area contributed by atoms with Gasteiger partial charge in [0.15, 0.2) is 0 Å². The van der Waals surface area contributed by atoms with Gasteiger partial charge < -0.3 is 41.8 Å². The number of guanidine groups is 1. The molecule has 2 heterocycles. The fourth-order valence-corrected chi connectivity index (χ4v) is 7.80. The lowest BCUT2D eigenvalue weighted by molar-refractivity contribution is -0.156. The smallest absolute Gasteiger partial charge is 0.308 e. The molecule has 0 saturated carbocycles. The molecule has 3 atom stereocenters. The summed E-state index contributed by atoms with van der Waals surface area (Å²) in [6.45, 7) is 14.6. The quantitative estimate of drug-likeness (QED) is 0.0579. The third-order valence-corrected chi connectivity index (χ3v) is 10.5. The standard InChI is InChI=1S/C37H56N8O10S/c1-20-21(2)31(22(3)24-18-37(8,9)55-30(20)24)56(52,53)45-35(38)40-16-12-14-25-32(49)41-19-28(47)43-27(17-29(48)54-36(5,6)7)33(50)39-15-11-10-13-26(34(51)44-25)42-23(4)46/h10-11,25-27H,12-19H2,1-9H3,(H,39,50)(H,41,49)(H,42,46)(H,43,47)(H,44,51)(H3,38,40,45)/b11-10+/t25-,26-,27-/m0/s1. The van der Waals surface area contributed by atoms with Crippen LogP contribution in [0.5, 0.6) is 5.75 Å². The molecule has 19 heteroatoms. The van der Waals surface area contributed by atoms with E-state index in [9.17, 15) is 37.2 Å². The maximum absolute atomic E-state index is 13.6. The monoisotopic (exact) mass is 804 g/mol. The first kappa shape index (κ1) is 45.2. The number of nitrogens with zero attached hydrogens (tertiary/aromatic N) is 1. The molecule has 0 unspecified atom stereocenters. The van der Waals surface area contributed by atoms with Crippen LogP contribution in [0.1, 0.15) is 89.5 Å². The summed E-state index contributed by atoms with van der Waals surface area (Å²) in [5.41, 5.74) is 7.29. The Labute approximate surface area is 328 Å². The van der Waals surface area contributed by atoms with E-state index in [0.717, 1.165) is 5.56 Å². The molecule has 3 rings (SSSR count). The number of rotatable bonds is 9. The Kier molecular flexibility index (Phi) is 15.0. The van der Waals surface area contributed by atoms with Crippen LogP contribution in [0.15, 0.2) is 22.0 Å². The van der Waals surface area contributed by atoms with Gasteiger partial charge in [0.25, 0.3) is 10.0 Å². The number of nitrogens with two attached hydrogens (primary N) is 1. The number of hydrogen-bond donors (Lipinski definition) is 7. The Balaban J connectivity index is 1.77. The van der Waals surface area contributed by atoms with E-state index in [1.54, 1.807) is 47.6 Å². The number of carbonyl (C=O) groups excluding carboxylic acids is 6. The van der Waals surface area contributed by atoms with E-state index in [1.165, 1.54) is 13.0 Å². The first-order valence-corrected chi connectivity index (χ1v) is 19.8. The zero-order valence-electron chi connectivity index (χ0n) is 33.6. The molecule has 0 fully saturated rings. The summed E-state index contributed by atoms with van der Waals surface area (Å²) in [6.07, 6.45) is 3.22. The molecule has 5 amide bonds. The van der Waals surface area contributed by atoms with Crippen molar-refractivity contribution in [3.63, 3.8) is 0 Å². The highest BCUT2D eigenvalue weighted by atomic mass is 32.2. The normalized spacial score (nSPS) is 21.7. The van der Waals surface area contributed by atoms with E-state index >= 15 is 0 Å². The van der Waals surface area contributed by atoms with E-state index in [4.69, 9.17) is 15.2 Å². The zero-order chi connectivity index (χ0) is 42.2. The largest absolute Gasteiger partial charge is 0.487 e. The van der Waals surface area contributed by atoms with Crippen molar-refractivity contribution in [3.05, 3.63) is 34.4 Å². The Bertz CT molecular complexity index is 1890. The van der Waals surface area contributed by atoms with Crippen LogP contribution in [0.3, 0.4) is 0 Å². The molecule has 0 aromatic heterocycles. The molecule has 310 valence electrons. The van der Waals surface area contributed by atoms with E-state index < -0.39 is 87.8 Å². The van der Waals surface area contributed by atoms with Crippen LogP contribution < -0.4 is 41.8 Å². The highest BCUT2D eigenvalue weighted by Gasteiger charge is 2.37. The van der Waals surface area contributed by atoms with Gasteiger partial charge in [0.2, 0.25) is 35.5 Å². The molecule has 18 nitrogen and oxygen atoms in total. The Morgan fingerprint density at radius 2 is 1.64 bits per heavy atom. The lowest BCUT2D eigenvalue weighted by Crippen LogP contribution is -2.55. The van der Waals surface area contributed by atoms with E-state index in [2.05, 4.69) is 36.3 Å². The van der Waals surface area contributed by atoms with Crippen LogP contribution >= 0.6 is 0 Å². The van der Waals surface area contributed by atoms with Crippen LogP contribution in [0.4, 0.5) is 0 Å².